The quantitative estimate of drug-likeness (QED) is 0.829. The summed E-state index contributed by atoms with van der Waals surface area (Å²) in [5.74, 6) is -0.572. The lowest BCUT2D eigenvalue weighted by Gasteiger charge is -2.03. The Kier molecular flexibility index (Phi) is 4.53. The molecule has 2 rings (SSSR count). The van der Waals surface area contributed by atoms with Crippen molar-refractivity contribution in [2.24, 2.45) is 0 Å². The van der Waals surface area contributed by atoms with Gasteiger partial charge in [0.2, 0.25) is 5.91 Å². The number of carbonyl (C=O) groups is 2. The highest BCUT2D eigenvalue weighted by Gasteiger charge is 2.07. The van der Waals surface area contributed by atoms with E-state index in [1.165, 1.54) is 30.1 Å². The molecule has 2 aromatic rings. The molecule has 0 bridgehead atoms. The lowest BCUT2D eigenvalue weighted by atomic mass is 10.3. The van der Waals surface area contributed by atoms with Gasteiger partial charge >= 0.3 is 5.97 Å². The molecular weight excluding hydrogens is 284 g/mol. The number of carboxylic acids is 1. The Morgan fingerprint density at radius 2 is 2.21 bits per heavy atom. The van der Waals surface area contributed by atoms with E-state index < -0.39 is 5.97 Å². The van der Waals surface area contributed by atoms with E-state index in [1.54, 1.807) is 11.3 Å². The molecule has 0 aliphatic carbocycles. The van der Waals surface area contributed by atoms with Crippen LogP contribution in [0.4, 0.5) is 5.82 Å². The minimum Gasteiger partial charge on any atom is -0.478 e. The first-order chi connectivity index (χ1) is 9.15. The topological polar surface area (TPSA) is 79.3 Å². The third kappa shape index (κ3) is 4.08. The maximum Gasteiger partial charge on any atom is 0.337 e. The number of thiophene rings is 1. The van der Waals surface area contributed by atoms with E-state index in [1.807, 2.05) is 17.5 Å². The number of amides is 1. The van der Waals surface area contributed by atoms with Crippen molar-refractivity contribution in [1.82, 2.24) is 4.98 Å². The van der Waals surface area contributed by atoms with E-state index in [9.17, 15) is 9.59 Å². The number of hydrogen-bond acceptors (Lipinski definition) is 5. The van der Waals surface area contributed by atoms with Crippen molar-refractivity contribution in [3.63, 3.8) is 0 Å². The minimum absolute atomic E-state index is 0.0889. The van der Waals surface area contributed by atoms with E-state index in [0.717, 1.165) is 4.21 Å². The average Bonchev–Trinajstić information content (AvgIpc) is 2.90. The highest BCUT2D eigenvalue weighted by atomic mass is 32.2. The van der Waals surface area contributed by atoms with Gasteiger partial charge in [-0.25, -0.2) is 9.78 Å². The van der Waals surface area contributed by atoms with Gasteiger partial charge in [0.05, 0.1) is 15.5 Å². The standard InChI is InChI=1S/C12H10N2O3S2/c15-10(7-19-11-2-1-5-18-11)14-9-4-3-8(6-13-9)12(16)17/h1-6H,7H2,(H,16,17)(H,13,14,15). The number of aromatic nitrogens is 1. The molecule has 98 valence electrons. The van der Waals surface area contributed by atoms with E-state index in [4.69, 9.17) is 5.11 Å². The van der Waals surface area contributed by atoms with Gasteiger partial charge in [0.15, 0.2) is 0 Å². The number of rotatable bonds is 5. The van der Waals surface area contributed by atoms with Crippen LogP contribution < -0.4 is 5.32 Å². The van der Waals surface area contributed by atoms with Crippen LogP contribution in [0.5, 0.6) is 0 Å². The number of thioether (sulfide) groups is 1. The van der Waals surface area contributed by atoms with Crippen LogP contribution >= 0.6 is 23.1 Å². The normalized spacial score (nSPS) is 10.1. The molecule has 0 atom stereocenters. The predicted molar refractivity (Wildman–Crippen MR) is 74.9 cm³/mol. The highest BCUT2D eigenvalue weighted by Crippen LogP contribution is 2.23. The average molecular weight is 294 g/mol. The van der Waals surface area contributed by atoms with Crippen molar-refractivity contribution in [2.45, 2.75) is 4.21 Å². The number of anilines is 1. The molecular formula is C12H10N2O3S2. The van der Waals surface area contributed by atoms with Crippen LogP contribution in [0.25, 0.3) is 0 Å². The number of hydrogen-bond donors (Lipinski definition) is 2. The second-order valence-corrected chi connectivity index (χ2v) is 5.73. The van der Waals surface area contributed by atoms with Crippen molar-refractivity contribution in [1.29, 1.82) is 0 Å². The summed E-state index contributed by atoms with van der Waals surface area (Å²) in [6, 6.07) is 6.74. The molecule has 19 heavy (non-hydrogen) atoms. The predicted octanol–water partition coefficient (Wildman–Crippen LogP) is 2.57. The van der Waals surface area contributed by atoms with Crippen molar-refractivity contribution in [3.05, 3.63) is 41.4 Å². The van der Waals surface area contributed by atoms with Gasteiger partial charge in [-0.15, -0.1) is 23.1 Å². The van der Waals surface area contributed by atoms with Gasteiger partial charge in [0, 0.05) is 6.20 Å². The van der Waals surface area contributed by atoms with Gasteiger partial charge in [0.1, 0.15) is 5.82 Å². The zero-order valence-electron chi connectivity index (χ0n) is 9.70. The highest BCUT2D eigenvalue weighted by molar-refractivity contribution is 8.01. The number of carbonyl (C=O) groups excluding carboxylic acids is 1. The third-order valence-electron chi connectivity index (χ3n) is 2.12. The molecule has 0 spiro atoms. The monoisotopic (exact) mass is 294 g/mol. The second-order valence-electron chi connectivity index (χ2n) is 3.51. The molecule has 0 aliphatic rings. The number of carboxylic acid groups (broad SMARTS) is 1. The molecule has 2 heterocycles. The van der Waals surface area contributed by atoms with Gasteiger partial charge < -0.3 is 10.4 Å². The Bertz CT molecular complexity index is 567. The van der Waals surface area contributed by atoms with Gasteiger partial charge in [0.25, 0.3) is 0 Å². The zero-order valence-corrected chi connectivity index (χ0v) is 11.3. The van der Waals surface area contributed by atoms with E-state index >= 15 is 0 Å². The summed E-state index contributed by atoms with van der Waals surface area (Å²) in [7, 11) is 0. The van der Waals surface area contributed by atoms with Crippen LogP contribution in [0.15, 0.2) is 40.1 Å². The molecule has 0 radical (unpaired) electrons. The van der Waals surface area contributed by atoms with Crippen molar-refractivity contribution < 1.29 is 14.7 Å². The largest absolute Gasteiger partial charge is 0.478 e. The second kappa shape index (κ2) is 6.35. The molecule has 1 amide bonds. The minimum atomic E-state index is -1.04. The van der Waals surface area contributed by atoms with Crippen LogP contribution in [-0.4, -0.2) is 27.7 Å². The Morgan fingerprint density at radius 3 is 2.79 bits per heavy atom. The molecule has 0 fully saturated rings. The molecule has 0 unspecified atom stereocenters. The molecule has 0 saturated heterocycles. The van der Waals surface area contributed by atoms with Crippen molar-refractivity contribution in [2.75, 3.05) is 11.1 Å². The maximum atomic E-state index is 11.6. The van der Waals surface area contributed by atoms with Crippen molar-refractivity contribution >= 4 is 40.8 Å². The fraction of sp³-hybridized carbons (Fsp3) is 0.0833. The van der Waals surface area contributed by atoms with Crippen LogP contribution in [0, 0.1) is 0 Å². The van der Waals surface area contributed by atoms with E-state index in [-0.39, 0.29) is 11.5 Å². The molecule has 0 aliphatic heterocycles. The summed E-state index contributed by atoms with van der Waals surface area (Å²) in [6.45, 7) is 0. The summed E-state index contributed by atoms with van der Waals surface area (Å²) in [5, 5.41) is 13.3. The summed E-state index contributed by atoms with van der Waals surface area (Å²) < 4.78 is 1.07. The molecule has 0 aromatic carbocycles. The number of aromatic carboxylic acids is 1. The first-order valence-electron chi connectivity index (χ1n) is 5.30. The molecule has 7 heteroatoms. The molecule has 2 aromatic heterocycles. The zero-order chi connectivity index (χ0) is 13.7. The SMILES string of the molecule is O=C(CSc1cccs1)Nc1ccc(C(=O)O)cn1. The summed E-state index contributed by atoms with van der Waals surface area (Å²) >= 11 is 3.03. The number of nitrogens with zero attached hydrogens (tertiary/aromatic N) is 1. The Morgan fingerprint density at radius 1 is 1.37 bits per heavy atom. The Balaban J connectivity index is 1.86. The fourth-order valence-electron chi connectivity index (χ4n) is 1.26. The van der Waals surface area contributed by atoms with Crippen LogP contribution in [0.1, 0.15) is 10.4 Å². The fourth-order valence-corrected chi connectivity index (χ4v) is 2.84. The number of nitrogens with one attached hydrogen (secondary N) is 1. The first-order valence-corrected chi connectivity index (χ1v) is 7.17. The van der Waals surface area contributed by atoms with Gasteiger partial charge in [-0.3, -0.25) is 4.79 Å². The van der Waals surface area contributed by atoms with Crippen molar-refractivity contribution in [3.8, 4) is 0 Å². The smallest absolute Gasteiger partial charge is 0.337 e. The Labute approximate surface area is 117 Å². The van der Waals surface area contributed by atoms with Gasteiger partial charge in [-0.1, -0.05) is 6.07 Å². The summed E-state index contributed by atoms with van der Waals surface area (Å²) in [5.41, 5.74) is 0.0889. The molecule has 0 saturated carbocycles. The van der Waals surface area contributed by atoms with Gasteiger partial charge in [-0.2, -0.15) is 0 Å². The molecule has 5 nitrogen and oxygen atoms in total. The summed E-state index contributed by atoms with van der Waals surface area (Å²) in [6.07, 6.45) is 1.21. The molecule has 2 N–H and O–H groups in total. The first kappa shape index (κ1) is 13.6. The van der Waals surface area contributed by atoms with Crippen LogP contribution in [-0.2, 0) is 4.79 Å². The van der Waals surface area contributed by atoms with Crippen LogP contribution in [0.3, 0.4) is 0 Å². The number of pyridine rings is 1. The van der Waals surface area contributed by atoms with Gasteiger partial charge in [-0.05, 0) is 23.6 Å². The maximum absolute atomic E-state index is 11.6. The van der Waals surface area contributed by atoms with E-state index in [0.29, 0.717) is 11.6 Å². The Hall–Kier alpha value is -1.86. The van der Waals surface area contributed by atoms with E-state index in [2.05, 4.69) is 10.3 Å². The lowest BCUT2D eigenvalue weighted by molar-refractivity contribution is -0.113. The summed E-state index contributed by atoms with van der Waals surface area (Å²) in [4.78, 5) is 26.1. The lowest BCUT2D eigenvalue weighted by Crippen LogP contribution is -2.15. The van der Waals surface area contributed by atoms with Crippen LogP contribution in [0.2, 0.25) is 0 Å². The third-order valence-corrected chi connectivity index (χ3v) is 4.25.